The van der Waals surface area contributed by atoms with Crippen molar-refractivity contribution in [3.05, 3.63) is 12.4 Å². The zero-order valence-corrected chi connectivity index (χ0v) is 13.4. The van der Waals surface area contributed by atoms with Crippen LogP contribution in [0.4, 0.5) is 5.95 Å². The molecule has 2 aliphatic rings. The van der Waals surface area contributed by atoms with E-state index in [0.29, 0.717) is 12.1 Å². The summed E-state index contributed by atoms with van der Waals surface area (Å²) in [5.41, 5.74) is 0. The second-order valence-electron chi connectivity index (χ2n) is 6.71. The Morgan fingerprint density at radius 2 is 1.90 bits per heavy atom. The van der Waals surface area contributed by atoms with E-state index in [1.165, 1.54) is 71.0 Å². The van der Waals surface area contributed by atoms with Crippen molar-refractivity contribution in [3.8, 4) is 0 Å². The highest BCUT2D eigenvalue weighted by atomic mass is 15.2. The normalized spacial score (nSPS) is 22.5. The van der Waals surface area contributed by atoms with Crippen LogP contribution >= 0.6 is 0 Å². The first-order chi connectivity index (χ1) is 10.4. The number of aromatic nitrogens is 2. The summed E-state index contributed by atoms with van der Waals surface area (Å²) in [6.07, 6.45) is 14.7. The smallest absolute Gasteiger partial charge is 0.203 e. The molecule has 1 aromatic heterocycles. The molecule has 3 rings (SSSR count). The van der Waals surface area contributed by atoms with E-state index in [1.54, 1.807) is 0 Å². The van der Waals surface area contributed by atoms with Gasteiger partial charge in [-0.1, -0.05) is 26.2 Å². The third-order valence-corrected chi connectivity index (χ3v) is 5.10. The van der Waals surface area contributed by atoms with Gasteiger partial charge in [0.05, 0.1) is 0 Å². The van der Waals surface area contributed by atoms with Gasteiger partial charge in [-0.25, -0.2) is 4.98 Å². The van der Waals surface area contributed by atoms with Gasteiger partial charge in [0, 0.05) is 37.6 Å². The third-order valence-electron chi connectivity index (χ3n) is 5.10. The van der Waals surface area contributed by atoms with Crippen molar-refractivity contribution in [2.75, 3.05) is 25.0 Å². The molecule has 0 atom stereocenters. The first-order valence-electron chi connectivity index (χ1n) is 8.88. The highest BCUT2D eigenvalue weighted by Crippen LogP contribution is 2.30. The Morgan fingerprint density at radius 1 is 1.14 bits per heavy atom. The van der Waals surface area contributed by atoms with Crippen molar-refractivity contribution in [2.45, 2.75) is 70.4 Å². The van der Waals surface area contributed by atoms with E-state index in [-0.39, 0.29) is 0 Å². The molecule has 0 amide bonds. The molecule has 1 saturated heterocycles. The van der Waals surface area contributed by atoms with Crippen LogP contribution in [-0.4, -0.2) is 40.1 Å². The number of hydrogen-bond acceptors (Lipinski definition) is 3. The van der Waals surface area contributed by atoms with E-state index in [2.05, 4.69) is 32.9 Å². The lowest BCUT2D eigenvalue weighted by atomic mass is 9.95. The van der Waals surface area contributed by atoms with Crippen LogP contribution in [0.25, 0.3) is 0 Å². The Morgan fingerprint density at radius 3 is 2.62 bits per heavy atom. The maximum Gasteiger partial charge on any atom is 0.203 e. The van der Waals surface area contributed by atoms with Gasteiger partial charge in [0.15, 0.2) is 0 Å². The van der Waals surface area contributed by atoms with Crippen LogP contribution in [0.1, 0.15) is 64.3 Å². The minimum Gasteiger partial charge on any atom is -0.353 e. The molecule has 1 saturated carbocycles. The lowest BCUT2D eigenvalue weighted by molar-refractivity contribution is 0.219. The van der Waals surface area contributed by atoms with Gasteiger partial charge in [0.25, 0.3) is 0 Å². The molecule has 0 aromatic carbocycles. The molecule has 4 nitrogen and oxygen atoms in total. The van der Waals surface area contributed by atoms with E-state index in [1.807, 2.05) is 6.20 Å². The first kappa shape index (κ1) is 14.9. The fourth-order valence-electron chi connectivity index (χ4n) is 3.88. The van der Waals surface area contributed by atoms with Crippen molar-refractivity contribution in [1.82, 2.24) is 14.5 Å². The topological polar surface area (TPSA) is 33.1 Å². The summed E-state index contributed by atoms with van der Waals surface area (Å²) in [5.74, 6) is 1.11. The Balaban J connectivity index is 1.55. The molecule has 1 aliphatic carbocycles. The van der Waals surface area contributed by atoms with Gasteiger partial charge >= 0.3 is 0 Å². The predicted octanol–water partition coefficient (Wildman–Crippen LogP) is 3.67. The molecule has 2 heterocycles. The second kappa shape index (κ2) is 7.30. The molecule has 0 unspecified atom stereocenters. The molecule has 21 heavy (non-hydrogen) atoms. The zero-order chi connectivity index (χ0) is 14.5. The van der Waals surface area contributed by atoms with Gasteiger partial charge in [-0.3, -0.25) is 0 Å². The molecule has 1 aliphatic heterocycles. The maximum atomic E-state index is 4.58. The summed E-state index contributed by atoms with van der Waals surface area (Å²) in [7, 11) is 0. The Hall–Kier alpha value is -1.03. The Kier molecular flexibility index (Phi) is 5.17. The van der Waals surface area contributed by atoms with Crippen molar-refractivity contribution in [2.24, 2.45) is 0 Å². The monoisotopic (exact) mass is 290 g/mol. The van der Waals surface area contributed by atoms with E-state index in [0.717, 1.165) is 5.95 Å². The van der Waals surface area contributed by atoms with E-state index >= 15 is 0 Å². The number of imidazole rings is 1. The standard InChI is InChI=1S/C17H30N4/c1-2-11-20-12-8-15(9-13-20)19-17-18-10-14-21(17)16-6-4-3-5-7-16/h10,14-16H,2-9,11-13H2,1H3,(H,18,19). The van der Waals surface area contributed by atoms with Gasteiger partial charge in [0.2, 0.25) is 5.95 Å². The van der Waals surface area contributed by atoms with Crippen molar-refractivity contribution < 1.29 is 0 Å². The van der Waals surface area contributed by atoms with Crippen LogP contribution < -0.4 is 5.32 Å². The molecule has 2 fully saturated rings. The molecule has 1 N–H and O–H groups in total. The van der Waals surface area contributed by atoms with Crippen molar-refractivity contribution in [1.29, 1.82) is 0 Å². The average molecular weight is 290 g/mol. The van der Waals surface area contributed by atoms with Gasteiger partial charge < -0.3 is 14.8 Å². The van der Waals surface area contributed by atoms with Crippen LogP contribution in [0.5, 0.6) is 0 Å². The fraction of sp³-hybridized carbons (Fsp3) is 0.824. The molecule has 4 heteroatoms. The number of nitrogens with one attached hydrogen (secondary N) is 1. The van der Waals surface area contributed by atoms with Gasteiger partial charge in [-0.15, -0.1) is 0 Å². The van der Waals surface area contributed by atoms with Crippen molar-refractivity contribution in [3.63, 3.8) is 0 Å². The van der Waals surface area contributed by atoms with Crippen molar-refractivity contribution >= 4 is 5.95 Å². The second-order valence-corrected chi connectivity index (χ2v) is 6.71. The summed E-state index contributed by atoms with van der Waals surface area (Å²) < 4.78 is 2.40. The highest BCUT2D eigenvalue weighted by Gasteiger charge is 2.22. The molecule has 0 spiro atoms. The average Bonchev–Trinajstić information content (AvgIpc) is 2.98. The van der Waals surface area contributed by atoms with Crippen LogP contribution in [0.2, 0.25) is 0 Å². The number of anilines is 1. The largest absolute Gasteiger partial charge is 0.353 e. The van der Waals surface area contributed by atoms with Crippen LogP contribution in [-0.2, 0) is 0 Å². The highest BCUT2D eigenvalue weighted by molar-refractivity contribution is 5.28. The molecular formula is C17H30N4. The molecule has 1 aromatic rings. The summed E-state index contributed by atoms with van der Waals surface area (Å²) in [6.45, 7) is 5.99. The fourth-order valence-corrected chi connectivity index (χ4v) is 3.88. The molecular weight excluding hydrogens is 260 g/mol. The summed E-state index contributed by atoms with van der Waals surface area (Å²) in [6, 6.07) is 1.27. The maximum absolute atomic E-state index is 4.58. The molecule has 118 valence electrons. The van der Waals surface area contributed by atoms with Crippen LogP contribution in [0.15, 0.2) is 12.4 Å². The Labute approximate surface area is 128 Å². The van der Waals surface area contributed by atoms with Crippen LogP contribution in [0.3, 0.4) is 0 Å². The van der Waals surface area contributed by atoms with Gasteiger partial charge in [-0.05, 0) is 38.6 Å². The third kappa shape index (κ3) is 3.79. The molecule has 0 radical (unpaired) electrons. The van der Waals surface area contributed by atoms with Gasteiger partial charge in [-0.2, -0.15) is 0 Å². The quantitative estimate of drug-likeness (QED) is 0.898. The predicted molar refractivity (Wildman–Crippen MR) is 87.7 cm³/mol. The Bertz CT molecular complexity index is 414. The van der Waals surface area contributed by atoms with E-state index in [4.69, 9.17) is 0 Å². The number of nitrogens with zero attached hydrogens (tertiary/aromatic N) is 3. The summed E-state index contributed by atoms with van der Waals surface area (Å²) in [5, 5.41) is 3.71. The minimum absolute atomic E-state index is 0.600. The lowest BCUT2D eigenvalue weighted by Gasteiger charge is -2.33. The summed E-state index contributed by atoms with van der Waals surface area (Å²) >= 11 is 0. The molecule has 0 bridgehead atoms. The number of likely N-dealkylation sites (tertiary alicyclic amines) is 1. The van der Waals surface area contributed by atoms with Crippen LogP contribution in [0, 0.1) is 0 Å². The lowest BCUT2D eigenvalue weighted by Crippen LogP contribution is -2.39. The SMILES string of the molecule is CCCN1CCC(Nc2nccn2C2CCCCC2)CC1. The summed E-state index contributed by atoms with van der Waals surface area (Å²) in [4.78, 5) is 7.17. The van der Waals surface area contributed by atoms with E-state index < -0.39 is 0 Å². The first-order valence-corrected chi connectivity index (χ1v) is 8.88. The van der Waals surface area contributed by atoms with E-state index in [9.17, 15) is 0 Å². The number of rotatable bonds is 5. The van der Waals surface area contributed by atoms with Gasteiger partial charge in [0.1, 0.15) is 0 Å². The number of hydrogen-bond donors (Lipinski definition) is 1. The number of piperidine rings is 1. The minimum atomic E-state index is 0.600. The zero-order valence-electron chi connectivity index (χ0n) is 13.4.